The van der Waals surface area contributed by atoms with Crippen LogP contribution >= 0.6 is 0 Å². The van der Waals surface area contributed by atoms with E-state index < -0.39 is 17.6 Å². The lowest BCUT2D eigenvalue weighted by Crippen LogP contribution is -2.44. The number of likely N-dealkylation sites (tertiary alicyclic amines) is 1. The first kappa shape index (κ1) is 17.2. The third kappa shape index (κ3) is 3.29. The summed E-state index contributed by atoms with van der Waals surface area (Å²) in [5, 5.41) is 0.0384. The molecule has 1 N–H and O–H groups in total. The van der Waals surface area contributed by atoms with Gasteiger partial charge < -0.3 is 19.0 Å². The zero-order chi connectivity index (χ0) is 18.1. The molecule has 3 heterocycles. The van der Waals surface area contributed by atoms with Crippen LogP contribution in [-0.2, 0) is 9.53 Å². The van der Waals surface area contributed by atoms with Crippen LogP contribution in [0.25, 0.3) is 11.1 Å². The van der Waals surface area contributed by atoms with Gasteiger partial charge >= 0.3 is 5.97 Å². The van der Waals surface area contributed by atoms with Crippen molar-refractivity contribution in [2.45, 2.75) is 39.7 Å². The molecular formula is C17H21N3O5. The molecule has 0 bridgehead atoms. The second-order valence-electron chi connectivity index (χ2n) is 6.50. The lowest BCUT2D eigenvalue weighted by molar-refractivity contribution is -0.141. The number of nitrogens with zero attached hydrogens (tertiary/aromatic N) is 2. The molecule has 1 aliphatic heterocycles. The number of carbonyl (C=O) groups excluding carboxylic acids is 2. The lowest BCUT2D eigenvalue weighted by atomic mass is 9.99. The first-order chi connectivity index (χ1) is 11.9. The minimum atomic E-state index is -0.930. The number of hydrogen-bond donors (Lipinski definition) is 1. The molecule has 3 rings (SSSR count). The molecule has 0 aromatic carbocycles. The Balaban J connectivity index is 1.77. The average Bonchev–Trinajstić information content (AvgIpc) is 2.92. The highest BCUT2D eigenvalue weighted by molar-refractivity contribution is 6.04. The molecule has 0 aliphatic carbocycles. The topological polar surface area (TPSA) is 106 Å². The number of hydrogen-bond acceptors (Lipinski definition) is 6. The largest absolute Gasteiger partial charge is 0.449 e. The van der Waals surface area contributed by atoms with Crippen LogP contribution in [0.4, 0.5) is 0 Å². The molecule has 1 saturated heterocycles. The molecule has 2 aromatic rings. The highest BCUT2D eigenvalue weighted by Gasteiger charge is 2.29. The normalized spacial score (nSPS) is 16.8. The van der Waals surface area contributed by atoms with Gasteiger partial charge in [0, 0.05) is 13.1 Å². The number of H-pyrrole nitrogens is 1. The zero-order valence-electron chi connectivity index (χ0n) is 14.5. The molecule has 1 amide bonds. The summed E-state index contributed by atoms with van der Waals surface area (Å²) in [7, 11) is 0. The van der Waals surface area contributed by atoms with Gasteiger partial charge in [0.2, 0.25) is 5.71 Å². The predicted octanol–water partition coefficient (Wildman–Crippen LogP) is 1.63. The van der Waals surface area contributed by atoms with Gasteiger partial charge in [-0.3, -0.25) is 9.59 Å². The van der Waals surface area contributed by atoms with Gasteiger partial charge in [0.05, 0.1) is 6.33 Å². The molecule has 0 spiro atoms. The Hall–Kier alpha value is -2.64. The predicted molar refractivity (Wildman–Crippen MR) is 89.2 cm³/mol. The Kier molecular flexibility index (Phi) is 4.61. The van der Waals surface area contributed by atoms with Crippen LogP contribution in [-0.4, -0.2) is 45.9 Å². The van der Waals surface area contributed by atoms with Crippen LogP contribution in [0.1, 0.15) is 42.8 Å². The lowest BCUT2D eigenvalue weighted by Gasteiger charge is -2.31. The molecule has 1 aliphatic rings. The van der Waals surface area contributed by atoms with Crippen molar-refractivity contribution < 1.29 is 18.7 Å². The number of fused-ring (bicyclic) bond motifs is 1. The quantitative estimate of drug-likeness (QED) is 0.846. The Labute approximate surface area is 144 Å². The maximum atomic E-state index is 12.5. The van der Waals surface area contributed by atoms with Crippen molar-refractivity contribution in [1.82, 2.24) is 14.9 Å². The maximum absolute atomic E-state index is 12.5. The van der Waals surface area contributed by atoms with E-state index >= 15 is 0 Å². The standard InChI is InChI=1S/C17H21N3O5/c1-9-4-6-20(7-5-9)16(22)11(3)25-17(23)12-10(2)24-15-13(12)14(21)18-8-19-15/h8-9,11H,4-7H2,1-3H3,(H,18,19,21)/t11-/m1/s1. The summed E-state index contributed by atoms with van der Waals surface area (Å²) in [6.45, 7) is 6.58. The molecule has 0 saturated carbocycles. The number of ether oxygens (including phenoxy) is 1. The summed E-state index contributed by atoms with van der Waals surface area (Å²) in [5.74, 6) is -0.157. The van der Waals surface area contributed by atoms with Gasteiger partial charge in [0.25, 0.3) is 11.5 Å². The van der Waals surface area contributed by atoms with Crippen LogP contribution in [0.3, 0.4) is 0 Å². The average molecular weight is 347 g/mol. The van der Waals surface area contributed by atoms with Gasteiger partial charge in [0.15, 0.2) is 6.10 Å². The third-order valence-electron chi connectivity index (χ3n) is 4.60. The highest BCUT2D eigenvalue weighted by Crippen LogP contribution is 2.22. The molecule has 134 valence electrons. The maximum Gasteiger partial charge on any atom is 0.343 e. The fourth-order valence-corrected chi connectivity index (χ4v) is 3.06. The molecule has 8 nitrogen and oxygen atoms in total. The number of furan rings is 1. The van der Waals surface area contributed by atoms with Crippen LogP contribution < -0.4 is 5.56 Å². The van der Waals surface area contributed by atoms with E-state index in [9.17, 15) is 14.4 Å². The van der Waals surface area contributed by atoms with Crippen LogP contribution in [0.15, 0.2) is 15.5 Å². The van der Waals surface area contributed by atoms with Crippen molar-refractivity contribution in [3.63, 3.8) is 0 Å². The third-order valence-corrected chi connectivity index (χ3v) is 4.60. The number of esters is 1. The molecule has 8 heteroatoms. The highest BCUT2D eigenvalue weighted by atomic mass is 16.5. The van der Waals surface area contributed by atoms with E-state index in [1.807, 2.05) is 0 Å². The van der Waals surface area contributed by atoms with Crippen LogP contribution in [0.2, 0.25) is 0 Å². The van der Waals surface area contributed by atoms with Gasteiger partial charge in [-0.1, -0.05) is 6.92 Å². The molecule has 0 unspecified atom stereocenters. The van der Waals surface area contributed by atoms with Gasteiger partial charge in [-0.25, -0.2) is 9.78 Å². The first-order valence-electron chi connectivity index (χ1n) is 8.35. The molecule has 1 fully saturated rings. The second-order valence-corrected chi connectivity index (χ2v) is 6.50. The minimum Gasteiger partial charge on any atom is -0.449 e. The van der Waals surface area contributed by atoms with Crippen molar-refractivity contribution in [3.05, 3.63) is 28.0 Å². The monoisotopic (exact) mass is 347 g/mol. The van der Waals surface area contributed by atoms with Gasteiger partial charge in [-0.15, -0.1) is 0 Å². The fraction of sp³-hybridized carbons (Fsp3) is 0.529. The minimum absolute atomic E-state index is 0.0104. The van der Waals surface area contributed by atoms with E-state index in [1.165, 1.54) is 6.33 Å². The summed E-state index contributed by atoms with van der Waals surface area (Å²) in [6, 6.07) is 0. The smallest absolute Gasteiger partial charge is 0.343 e. The summed E-state index contributed by atoms with van der Waals surface area (Å²) >= 11 is 0. The Morgan fingerprint density at radius 1 is 1.40 bits per heavy atom. The molecule has 0 radical (unpaired) electrons. The molecular weight excluding hydrogens is 326 g/mol. The summed E-state index contributed by atoms with van der Waals surface area (Å²) in [5.41, 5.74) is -0.411. The Morgan fingerprint density at radius 3 is 2.76 bits per heavy atom. The van der Waals surface area contributed by atoms with E-state index in [1.54, 1.807) is 18.7 Å². The van der Waals surface area contributed by atoms with Gasteiger partial charge in [0.1, 0.15) is 16.7 Å². The number of nitrogens with one attached hydrogen (secondary N) is 1. The van der Waals surface area contributed by atoms with Crippen LogP contribution in [0.5, 0.6) is 0 Å². The number of amides is 1. The number of aryl methyl sites for hydroxylation is 1. The Bertz CT molecular complexity index is 861. The Morgan fingerprint density at radius 2 is 2.08 bits per heavy atom. The molecule has 2 aromatic heterocycles. The number of piperidine rings is 1. The van der Waals surface area contributed by atoms with Gasteiger partial charge in [-0.2, -0.15) is 0 Å². The van der Waals surface area contributed by atoms with Crippen molar-refractivity contribution in [2.75, 3.05) is 13.1 Å². The SMILES string of the molecule is Cc1oc2nc[nH]c(=O)c2c1C(=O)O[C@H](C)C(=O)N1CCC(C)CC1. The van der Waals surface area contributed by atoms with Crippen molar-refractivity contribution >= 4 is 23.0 Å². The van der Waals surface area contributed by atoms with Crippen molar-refractivity contribution in [1.29, 1.82) is 0 Å². The van der Waals surface area contributed by atoms with Crippen LogP contribution in [0, 0.1) is 12.8 Å². The molecule has 25 heavy (non-hydrogen) atoms. The van der Waals surface area contributed by atoms with E-state index in [0.29, 0.717) is 19.0 Å². The number of rotatable bonds is 3. The molecule has 1 atom stereocenters. The fourth-order valence-electron chi connectivity index (χ4n) is 3.06. The van der Waals surface area contributed by atoms with E-state index in [4.69, 9.17) is 9.15 Å². The number of carbonyl (C=O) groups is 2. The summed E-state index contributed by atoms with van der Waals surface area (Å²) < 4.78 is 10.7. The van der Waals surface area contributed by atoms with E-state index in [-0.39, 0.29) is 28.3 Å². The number of aromatic amines is 1. The van der Waals surface area contributed by atoms with E-state index in [0.717, 1.165) is 12.8 Å². The number of aromatic nitrogens is 2. The zero-order valence-corrected chi connectivity index (χ0v) is 14.5. The first-order valence-corrected chi connectivity index (χ1v) is 8.35. The van der Waals surface area contributed by atoms with Gasteiger partial charge in [-0.05, 0) is 32.6 Å². The second kappa shape index (κ2) is 6.70. The van der Waals surface area contributed by atoms with Crippen molar-refractivity contribution in [2.24, 2.45) is 5.92 Å². The van der Waals surface area contributed by atoms with E-state index in [2.05, 4.69) is 16.9 Å². The summed E-state index contributed by atoms with van der Waals surface area (Å²) in [6.07, 6.45) is 2.16. The van der Waals surface area contributed by atoms with Crippen molar-refractivity contribution in [3.8, 4) is 0 Å². The summed E-state index contributed by atoms with van der Waals surface area (Å²) in [4.78, 5) is 45.0.